The van der Waals surface area contributed by atoms with E-state index < -0.39 is 5.97 Å². The van der Waals surface area contributed by atoms with Gasteiger partial charge < -0.3 is 9.64 Å². The number of benzene rings is 2. The maximum Gasteiger partial charge on any atom is 0.306 e. The quantitative estimate of drug-likeness (QED) is 0.467. The SMILES string of the molecule is O=C(CCc1nc2ccccc2c(=O)n1C1CC1)OCC(=O)N1CCN(Cc2ccccc2)CC1. The smallest absolute Gasteiger partial charge is 0.306 e. The van der Waals surface area contributed by atoms with Crippen LogP contribution in [0.3, 0.4) is 0 Å². The number of esters is 1. The Labute approximate surface area is 204 Å². The number of fused-ring (bicyclic) bond motifs is 1. The molecule has 1 saturated carbocycles. The van der Waals surface area contributed by atoms with E-state index in [4.69, 9.17) is 4.74 Å². The number of nitrogens with zero attached hydrogens (tertiary/aromatic N) is 4. The summed E-state index contributed by atoms with van der Waals surface area (Å²) in [5.74, 6) is -0.0173. The number of carbonyl (C=O) groups excluding carboxylic acids is 2. The summed E-state index contributed by atoms with van der Waals surface area (Å²) in [6.07, 6.45) is 2.28. The number of ether oxygens (including phenoxy) is 1. The number of carbonyl (C=O) groups is 2. The molecule has 2 aromatic carbocycles. The van der Waals surface area contributed by atoms with E-state index in [1.807, 2.05) is 36.4 Å². The van der Waals surface area contributed by atoms with Crippen molar-refractivity contribution in [2.75, 3.05) is 32.8 Å². The second kappa shape index (κ2) is 10.4. The lowest BCUT2D eigenvalue weighted by atomic mass is 10.2. The van der Waals surface area contributed by atoms with Gasteiger partial charge in [-0.25, -0.2) is 4.98 Å². The van der Waals surface area contributed by atoms with Gasteiger partial charge in [0.15, 0.2) is 6.61 Å². The van der Waals surface area contributed by atoms with Gasteiger partial charge in [-0.05, 0) is 30.5 Å². The van der Waals surface area contributed by atoms with Gasteiger partial charge in [0.05, 0.1) is 17.3 Å². The zero-order chi connectivity index (χ0) is 24.2. The van der Waals surface area contributed by atoms with Crippen molar-refractivity contribution >= 4 is 22.8 Å². The minimum Gasteiger partial charge on any atom is -0.456 e. The van der Waals surface area contributed by atoms with Gasteiger partial charge in [-0.2, -0.15) is 0 Å². The maximum atomic E-state index is 12.9. The van der Waals surface area contributed by atoms with E-state index in [0.29, 0.717) is 36.2 Å². The van der Waals surface area contributed by atoms with Gasteiger partial charge in [0.2, 0.25) is 0 Å². The molecule has 5 rings (SSSR count). The third-order valence-corrected chi connectivity index (χ3v) is 6.68. The molecule has 8 nitrogen and oxygen atoms in total. The van der Waals surface area contributed by atoms with Gasteiger partial charge in [0.25, 0.3) is 11.5 Å². The molecule has 0 N–H and O–H groups in total. The molecule has 0 radical (unpaired) electrons. The number of rotatable bonds is 8. The Morgan fingerprint density at radius 1 is 0.943 bits per heavy atom. The molecule has 0 atom stereocenters. The van der Waals surface area contributed by atoms with Crippen molar-refractivity contribution in [1.29, 1.82) is 0 Å². The molecule has 1 amide bonds. The Kier molecular flexibility index (Phi) is 6.90. The zero-order valence-electron chi connectivity index (χ0n) is 19.8. The predicted octanol–water partition coefficient (Wildman–Crippen LogP) is 2.55. The molecule has 182 valence electrons. The Hall–Kier alpha value is -3.52. The average Bonchev–Trinajstić information content (AvgIpc) is 3.72. The van der Waals surface area contributed by atoms with E-state index >= 15 is 0 Å². The van der Waals surface area contributed by atoms with Crippen LogP contribution < -0.4 is 5.56 Å². The molecule has 35 heavy (non-hydrogen) atoms. The first-order chi connectivity index (χ1) is 17.1. The van der Waals surface area contributed by atoms with Crippen LogP contribution in [0.15, 0.2) is 59.4 Å². The molecule has 1 saturated heterocycles. The summed E-state index contributed by atoms with van der Waals surface area (Å²) in [5.41, 5.74) is 1.84. The van der Waals surface area contributed by atoms with Crippen LogP contribution in [0.25, 0.3) is 10.9 Å². The molecule has 0 unspecified atom stereocenters. The monoisotopic (exact) mass is 474 g/mol. The van der Waals surface area contributed by atoms with Crippen molar-refractivity contribution in [1.82, 2.24) is 19.4 Å². The Morgan fingerprint density at radius 2 is 1.66 bits per heavy atom. The summed E-state index contributed by atoms with van der Waals surface area (Å²) in [6, 6.07) is 17.7. The molecule has 0 bridgehead atoms. The molecule has 1 aromatic heterocycles. The van der Waals surface area contributed by atoms with Crippen LogP contribution in [-0.4, -0.2) is 64.0 Å². The predicted molar refractivity (Wildman–Crippen MR) is 132 cm³/mol. The number of para-hydroxylation sites is 1. The molecule has 2 heterocycles. The van der Waals surface area contributed by atoms with E-state index in [-0.39, 0.29) is 30.5 Å². The van der Waals surface area contributed by atoms with Crippen molar-refractivity contribution in [2.24, 2.45) is 0 Å². The molecule has 1 aliphatic carbocycles. The summed E-state index contributed by atoms with van der Waals surface area (Å²) in [6.45, 7) is 3.45. The van der Waals surface area contributed by atoms with Crippen LogP contribution in [0, 0.1) is 0 Å². The Bertz CT molecular complexity index is 1260. The van der Waals surface area contributed by atoms with Crippen LogP contribution in [0.1, 0.15) is 36.7 Å². The lowest BCUT2D eigenvalue weighted by Gasteiger charge is -2.34. The van der Waals surface area contributed by atoms with Gasteiger partial charge >= 0.3 is 5.97 Å². The van der Waals surface area contributed by atoms with Crippen molar-refractivity contribution < 1.29 is 14.3 Å². The largest absolute Gasteiger partial charge is 0.456 e. The summed E-state index contributed by atoms with van der Waals surface area (Å²) in [5, 5.41) is 0.597. The lowest BCUT2D eigenvalue weighted by molar-refractivity contribution is -0.152. The summed E-state index contributed by atoms with van der Waals surface area (Å²) < 4.78 is 7.01. The first-order valence-corrected chi connectivity index (χ1v) is 12.3. The number of aryl methyl sites for hydroxylation is 1. The van der Waals surface area contributed by atoms with Crippen molar-refractivity contribution in [3.63, 3.8) is 0 Å². The fraction of sp³-hybridized carbons (Fsp3) is 0.407. The molecular formula is C27H30N4O4. The average molecular weight is 475 g/mol. The molecule has 2 fully saturated rings. The van der Waals surface area contributed by atoms with Gasteiger partial charge in [-0.3, -0.25) is 23.9 Å². The Morgan fingerprint density at radius 3 is 2.40 bits per heavy atom. The van der Waals surface area contributed by atoms with Gasteiger partial charge in [-0.1, -0.05) is 42.5 Å². The standard InChI is InChI=1S/C27H30N4O4/c32-25(30-16-14-29(15-17-30)18-20-6-2-1-3-7-20)19-35-26(33)13-12-24-28-23-9-5-4-8-22(23)27(34)31(24)21-10-11-21/h1-9,21H,10-19H2. The fourth-order valence-corrected chi connectivity index (χ4v) is 4.59. The van der Waals surface area contributed by atoms with Crippen molar-refractivity contribution in [2.45, 2.75) is 38.3 Å². The van der Waals surface area contributed by atoms with Crippen LogP contribution >= 0.6 is 0 Å². The third-order valence-electron chi connectivity index (χ3n) is 6.68. The van der Waals surface area contributed by atoms with Crippen molar-refractivity contribution in [3.05, 3.63) is 76.3 Å². The Balaban J connectivity index is 1.10. The second-order valence-electron chi connectivity index (χ2n) is 9.25. The van der Waals surface area contributed by atoms with E-state index in [1.54, 1.807) is 15.5 Å². The highest BCUT2D eigenvalue weighted by molar-refractivity contribution is 5.81. The minimum absolute atomic E-state index is 0.0527. The van der Waals surface area contributed by atoms with E-state index in [1.165, 1.54) is 5.56 Å². The normalized spacial score (nSPS) is 16.4. The van der Waals surface area contributed by atoms with E-state index in [0.717, 1.165) is 32.5 Å². The summed E-state index contributed by atoms with van der Waals surface area (Å²) >= 11 is 0. The van der Waals surface area contributed by atoms with Gasteiger partial charge in [-0.15, -0.1) is 0 Å². The van der Waals surface area contributed by atoms with Crippen molar-refractivity contribution in [3.8, 4) is 0 Å². The number of hydrogen-bond donors (Lipinski definition) is 0. The first-order valence-electron chi connectivity index (χ1n) is 12.3. The minimum atomic E-state index is -0.453. The highest BCUT2D eigenvalue weighted by Gasteiger charge is 2.28. The lowest BCUT2D eigenvalue weighted by Crippen LogP contribution is -2.49. The number of aromatic nitrogens is 2. The number of amides is 1. The highest BCUT2D eigenvalue weighted by Crippen LogP contribution is 2.34. The summed E-state index contributed by atoms with van der Waals surface area (Å²) in [4.78, 5) is 46.6. The molecule has 0 spiro atoms. The number of piperazine rings is 1. The second-order valence-corrected chi connectivity index (χ2v) is 9.25. The van der Waals surface area contributed by atoms with Gasteiger partial charge in [0.1, 0.15) is 5.82 Å². The molecule has 3 aromatic rings. The van der Waals surface area contributed by atoms with Crippen LogP contribution in [0.5, 0.6) is 0 Å². The molecular weight excluding hydrogens is 444 g/mol. The highest BCUT2D eigenvalue weighted by atomic mass is 16.5. The van der Waals surface area contributed by atoms with E-state index in [2.05, 4.69) is 22.0 Å². The molecule has 2 aliphatic rings. The first kappa shape index (κ1) is 23.2. The van der Waals surface area contributed by atoms with Crippen LogP contribution in [0.4, 0.5) is 0 Å². The maximum absolute atomic E-state index is 12.9. The van der Waals surface area contributed by atoms with Crippen LogP contribution in [0.2, 0.25) is 0 Å². The number of hydrogen-bond acceptors (Lipinski definition) is 6. The fourth-order valence-electron chi connectivity index (χ4n) is 4.59. The van der Waals surface area contributed by atoms with Crippen LogP contribution in [-0.2, 0) is 27.3 Å². The van der Waals surface area contributed by atoms with Gasteiger partial charge in [0, 0.05) is 45.2 Å². The molecule has 1 aliphatic heterocycles. The third kappa shape index (κ3) is 5.59. The van der Waals surface area contributed by atoms with E-state index in [9.17, 15) is 14.4 Å². The zero-order valence-corrected chi connectivity index (χ0v) is 19.8. The topological polar surface area (TPSA) is 84.7 Å². The summed E-state index contributed by atoms with van der Waals surface area (Å²) in [7, 11) is 0. The molecule has 8 heteroatoms.